The molecular weight excluding hydrogens is 436 g/mol. The molecule has 4 fully saturated rings. The Morgan fingerprint density at radius 2 is 1.46 bits per heavy atom. The Hall–Kier alpha value is -1.06. The molecule has 200 valence electrons. The number of hydrogen-bond donors (Lipinski definition) is 0. The van der Waals surface area contributed by atoms with Gasteiger partial charge in [0.05, 0.1) is 0 Å². The van der Waals surface area contributed by atoms with Crippen molar-refractivity contribution in [3.05, 3.63) is 0 Å². The van der Waals surface area contributed by atoms with Crippen LogP contribution >= 0.6 is 0 Å². The Morgan fingerprint density at radius 1 is 0.800 bits per heavy atom. The number of fused-ring (bicyclic) bond motifs is 5. The summed E-state index contributed by atoms with van der Waals surface area (Å²) < 4.78 is 11.7. The van der Waals surface area contributed by atoms with Gasteiger partial charge in [0.25, 0.3) is 0 Å². The van der Waals surface area contributed by atoms with Crippen molar-refractivity contribution in [2.24, 2.45) is 52.3 Å². The SMILES string of the molecule is CC(=O)O[C@H]1CC[C@@]2(C)[C@H](C1)[C@@H](OC(C)=O)C[C@@H]1[C@@H]2CC[C@]2(C)[C@@H]([C@H](C)CCCC(C)C)CC[C@@H]12. The summed E-state index contributed by atoms with van der Waals surface area (Å²) in [6.07, 6.45) is 13.3. The molecule has 4 heteroatoms. The fourth-order valence-electron chi connectivity index (χ4n) is 9.94. The predicted octanol–water partition coefficient (Wildman–Crippen LogP) is 7.58. The molecule has 0 N–H and O–H groups in total. The summed E-state index contributed by atoms with van der Waals surface area (Å²) in [6.45, 7) is 15.4. The minimum Gasteiger partial charge on any atom is -0.463 e. The maximum absolute atomic E-state index is 12.2. The van der Waals surface area contributed by atoms with E-state index in [1.165, 1.54) is 51.9 Å². The Bertz CT molecular complexity index is 776. The molecule has 0 heterocycles. The third-order valence-electron chi connectivity index (χ3n) is 11.5. The lowest BCUT2D eigenvalue weighted by molar-refractivity contribution is -0.197. The van der Waals surface area contributed by atoms with Crippen LogP contribution in [-0.4, -0.2) is 24.1 Å². The van der Waals surface area contributed by atoms with Gasteiger partial charge in [0.15, 0.2) is 0 Å². The predicted molar refractivity (Wildman–Crippen MR) is 140 cm³/mol. The van der Waals surface area contributed by atoms with Gasteiger partial charge in [-0.05, 0) is 97.7 Å². The van der Waals surface area contributed by atoms with Crippen molar-refractivity contribution in [3.63, 3.8) is 0 Å². The number of carbonyl (C=O) groups is 2. The molecular formula is C31H52O4. The highest BCUT2D eigenvalue weighted by Gasteiger charge is 2.63. The molecule has 0 amide bonds. The molecule has 4 nitrogen and oxygen atoms in total. The highest BCUT2D eigenvalue weighted by molar-refractivity contribution is 5.66. The number of ether oxygens (including phenoxy) is 2. The van der Waals surface area contributed by atoms with Gasteiger partial charge in [-0.3, -0.25) is 9.59 Å². The molecule has 0 aromatic carbocycles. The van der Waals surface area contributed by atoms with Gasteiger partial charge >= 0.3 is 11.9 Å². The third-order valence-corrected chi connectivity index (χ3v) is 11.5. The number of rotatable bonds is 7. The van der Waals surface area contributed by atoms with Crippen LogP contribution in [0.1, 0.15) is 119 Å². The van der Waals surface area contributed by atoms with Gasteiger partial charge in [-0.25, -0.2) is 0 Å². The zero-order valence-electron chi connectivity index (χ0n) is 23.6. The highest BCUT2D eigenvalue weighted by Crippen LogP contribution is 2.68. The Morgan fingerprint density at radius 3 is 2.11 bits per heavy atom. The number of carbonyl (C=O) groups excluding carboxylic acids is 2. The summed E-state index contributed by atoms with van der Waals surface area (Å²) in [4.78, 5) is 23.9. The second-order valence-electron chi connectivity index (χ2n) is 13.9. The van der Waals surface area contributed by atoms with Crippen molar-refractivity contribution in [3.8, 4) is 0 Å². The topological polar surface area (TPSA) is 52.6 Å². The van der Waals surface area contributed by atoms with E-state index in [2.05, 4.69) is 34.6 Å². The van der Waals surface area contributed by atoms with E-state index in [9.17, 15) is 9.59 Å². The summed E-state index contributed by atoms with van der Waals surface area (Å²) >= 11 is 0. The van der Waals surface area contributed by atoms with E-state index in [-0.39, 0.29) is 29.6 Å². The standard InChI is InChI=1S/C31H52O4/c1-19(2)9-8-10-20(3)25-11-12-26-24-18-29(35-22(5)33)28-17-23(34-21(4)32)13-15-31(28,7)27(24)14-16-30(25,26)6/h19-20,23-29H,8-18H2,1-7H3/t20-,23+,24+,25-,26+,27+,28-,29+,30-,31-/m1/s1. The van der Waals surface area contributed by atoms with Gasteiger partial charge in [-0.1, -0.05) is 53.9 Å². The smallest absolute Gasteiger partial charge is 0.302 e. The quantitative estimate of drug-likeness (QED) is 0.347. The van der Waals surface area contributed by atoms with E-state index in [1.807, 2.05) is 0 Å². The zero-order chi connectivity index (χ0) is 25.5. The number of esters is 2. The average molecular weight is 489 g/mol. The molecule has 35 heavy (non-hydrogen) atoms. The van der Waals surface area contributed by atoms with E-state index in [0.29, 0.717) is 23.2 Å². The third kappa shape index (κ3) is 5.19. The molecule has 10 atom stereocenters. The lowest BCUT2D eigenvalue weighted by atomic mass is 9.43. The molecule has 0 aromatic heterocycles. The molecule has 4 saturated carbocycles. The van der Waals surface area contributed by atoms with Crippen LogP contribution in [0.5, 0.6) is 0 Å². The Labute approximate surface area is 214 Å². The van der Waals surface area contributed by atoms with Crippen LogP contribution in [0.4, 0.5) is 0 Å². The normalized spacial score (nSPS) is 43.6. The van der Waals surface area contributed by atoms with E-state index in [0.717, 1.165) is 49.4 Å². The van der Waals surface area contributed by atoms with Crippen LogP contribution in [0, 0.1) is 52.3 Å². The maximum Gasteiger partial charge on any atom is 0.302 e. The molecule has 0 radical (unpaired) electrons. The number of hydrogen-bond acceptors (Lipinski definition) is 4. The van der Waals surface area contributed by atoms with Gasteiger partial charge in [-0.2, -0.15) is 0 Å². The maximum atomic E-state index is 12.2. The Balaban J connectivity index is 1.54. The summed E-state index contributed by atoms with van der Waals surface area (Å²) in [6, 6.07) is 0. The second kappa shape index (κ2) is 10.4. The molecule has 4 rings (SSSR count). The highest BCUT2D eigenvalue weighted by atomic mass is 16.5. The van der Waals surface area contributed by atoms with E-state index in [4.69, 9.17) is 9.47 Å². The van der Waals surface area contributed by atoms with Crippen LogP contribution in [0.25, 0.3) is 0 Å². The molecule has 0 unspecified atom stereocenters. The first-order chi connectivity index (χ1) is 16.5. The van der Waals surface area contributed by atoms with Crippen molar-refractivity contribution in [2.75, 3.05) is 0 Å². The van der Waals surface area contributed by atoms with Crippen molar-refractivity contribution in [1.29, 1.82) is 0 Å². The summed E-state index contributed by atoms with van der Waals surface area (Å²) in [5.74, 6) is 4.48. The average Bonchev–Trinajstić information content (AvgIpc) is 3.11. The molecule has 4 aliphatic carbocycles. The van der Waals surface area contributed by atoms with Gasteiger partial charge in [0, 0.05) is 19.8 Å². The van der Waals surface area contributed by atoms with Gasteiger partial charge in [0.2, 0.25) is 0 Å². The minimum atomic E-state index is -0.190. The summed E-state index contributed by atoms with van der Waals surface area (Å²) in [5, 5.41) is 0. The minimum absolute atomic E-state index is 0.0309. The summed E-state index contributed by atoms with van der Waals surface area (Å²) in [5.41, 5.74) is 0.597. The van der Waals surface area contributed by atoms with Gasteiger partial charge < -0.3 is 9.47 Å². The van der Waals surface area contributed by atoms with E-state index >= 15 is 0 Å². The first kappa shape index (κ1) is 27.0. The summed E-state index contributed by atoms with van der Waals surface area (Å²) in [7, 11) is 0. The zero-order valence-corrected chi connectivity index (χ0v) is 23.6. The van der Waals surface area contributed by atoms with Gasteiger partial charge in [-0.15, -0.1) is 0 Å². The van der Waals surface area contributed by atoms with Gasteiger partial charge in [0.1, 0.15) is 12.2 Å². The van der Waals surface area contributed by atoms with E-state index < -0.39 is 0 Å². The van der Waals surface area contributed by atoms with Crippen LogP contribution < -0.4 is 0 Å². The molecule has 4 aliphatic rings. The first-order valence-corrected chi connectivity index (χ1v) is 14.8. The second-order valence-corrected chi connectivity index (χ2v) is 13.9. The van der Waals surface area contributed by atoms with Crippen molar-refractivity contribution in [2.45, 2.75) is 131 Å². The molecule has 0 aliphatic heterocycles. The monoisotopic (exact) mass is 488 g/mol. The molecule has 0 bridgehead atoms. The van der Waals surface area contributed by atoms with Crippen LogP contribution in [0.2, 0.25) is 0 Å². The lowest BCUT2D eigenvalue weighted by Crippen LogP contribution is -2.59. The Kier molecular flexibility index (Phi) is 7.99. The molecule has 0 saturated heterocycles. The first-order valence-electron chi connectivity index (χ1n) is 14.8. The largest absolute Gasteiger partial charge is 0.463 e. The van der Waals surface area contributed by atoms with Crippen molar-refractivity contribution >= 4 is 11.9 Å². The fourth-order valence-corrected chi connectivity index (χ4v) is 9.94. The van der Waals surface area contributed by atoms with Crippen LogP contribution in [0.3, 0.4) is 0 Å². The molecule has 0 spiro atoms. The van der Waals surface area contributed by atoms with Crippen LogP contribution in [0.15, 0.2) is 0 Å². The van der Waals surface area contributed by atoms with Crippen molar-refractivity contribution < 1.29 is 19.1 Å². The van der Waals surface area contributed by atoms with Crippen LogP contribution in [-0.2, 0) is 19.1 Å². The van der Waals surface area contributed by atoms with Crippen molar-refractivity contribution in [1.82, 2.24) is 0 Å². The van der Waals surface area contributed by atoms with E-state index in [1.54, 1.807) is 6.92 Å². The molecule has 0 aromatic rings. The fraction of sp³-hybridized carbons (Fsp3) is 0.935. The lowest BCUT2D eigenvalue weighted by Gasteiger charge is -2.62.